The lowest BCUT2D eigenvalue weighted by molar-refractivity contribution is 0.237. The molecular formula is C12H13BrO. The van der Waals surface area contributed by atoms with Crippen molar-refractivity contribution in [3.63, 3.8) is 0 Å². The summed E-state index contributed by atoms with van der Waals surface area (Å²) < 4.78 is 1.01. The molecule has 1 atom stereocenters. The minimum Gasteiger partial charge on any atom is -0.376 e. The summed E-state index contributed by atoms with van der Waals surface area (Å²) in [5.74, 6) is 5.45. The third-order valence-corrected chi connectivity index (χ3v) is 2.98. The van der Waals surface area contributed by atoms with E-state index in [0.29, 0.717) is 0 Å². The summed E-state index contributed by atoms with van der Waals surface area (Å²) in [6, 6.07) is 3.97. The standard InChI is InChI=1S/C12H13BrO/c1-4-5-12(14)10-7-11(13)9(3)6-8(10)2/h6-7,12,14H,1-3H3. The van der Waals surface area contributed by atoms with Crippen molar-refractivity contribution in [3.8, 4) is 11.8 Å². The first kappa shape index (κ1) is 11.3. The van der Waals surface area contributed by atoms with Crippen LogP contribution in [0.2, 0.25) is 0 Å². The zero-order chi connectivity index (χ0) is 10.7. The Hall–Kier alpha value is -0.780. The summed E-state index contributed by atoms with van der Waals surface area (Å²) >= 11 is 3.44. The zero-order valence-electron chi connectivity index (χ0n) is 8.56. The lowest BCUT2D eigenvalue weighted by Crippen LogP contribution is -1.98. The van der Waals surface area contributed by atoms with Crippen molar-refractivity contribution in [1.29, 1.82) is 0 Å². The molecule has 0 aliphatic carbocycles. The van der Waals surface area contributed by atoms with Crippen LogP contribution in [0.15, 0.2) is 16.6 Å². The van der Waals surface area contributed by atoms with Crippen LogP contribution in [0, 0.1) is 25.7 Å². The molecule has 0 aliphatic rings. The Labute approximate surface area is 93.3 Å². The summed E-state index contributed by atoms with van der Waals surface area (Å²) in [6.07, 6.45) is -0.683. The fraction of sp³-hybridized carbons (Fsp3) is 0.333. The van der Waals surface area contributed by atoms with Gasteiger partial charge in [-0.05, 0) is 43.5 Å². The van der Waals surface area contributed by atoms with E-state index in [9.17, 15) is 5.11 Å². The van der Waals surface area contributed by atoms with E-state index in [1.54, 1.807) is 6.92 Å². The van der Waals surface area contributed by atoms with Gasteiger partial charge in [0.1, 0.15) is 6.10 Å². The summed E-state index contributed by atoms with van der Waals surface area (Å²) in [7, 11) is 0. The van der Waals surface area contributed by atoms with Gasteiger partial charge in [-0.1, -0.05) is 27.9 Å². The minimum atomic E-state index is -0.683. The maximum atomic E-state index is 9.72. The highest BCUT2D eigenvalue weighted by Gasteiger charge is 2.09. The second-order valence-electron chi connectivity index (χ2n) is 3.25. The van der Waals surface area contributed by atoms with Crippen LogP contribution < -0.4 is 0 Å². The predicted molar refractivity (Wildman–Crippen MR) is 62.0 cm³/mol. The summed E-state index contributed by atoms with van der Waals surface area (Å²) in [5.41, 5.74) is 3.11. The zero-order valence-corrected chi connectivity index (χ0v) is 10.1. The Kier molecular flexibility index (Phi) is 3.74. The third kappa shape index (κ3) is 2.37. The molecule has 0 aromatic heterocycles. The van der Waals surface area contributed by atoms with Crippen LogP contribution in [0.3, 0.4) is 0 Å². The van der Waals surface area contributed by atoms with Crippen molar-refractivity contribution in [2.75, 3.05) is 0 Å². The minimum absolute atomic E-state index is 0.683. The number of aliphatic hydroxyl groups excluding tert-OH is 1. The van der Waals surface area contributed by atoms with Crippen molar-refractivity contribution in [3.05, 3.63) is 33.3 Å². The van der Waals surface area contributed by atoms with E-state index in [-0.39, 0.29) is 0 Å². The van der Waals surface area contributed by atoms with Crippen LogP contribution in [-0.2, 0) is 0 Å². The monoisotopic (exact) mass is 252 g/mol. The molecule has 0 aliphatic heterocycles. The fourth-order valence-electron chi connectivity index (χ4n) is 1.35. The average molecular weight is 253 g/mol. The Bertz CT molecular complexity index is 399. The normalized spacial score (nSPS) is 11.8. The van der Waals surface area contributed by atoms with Gasteiger partial charge in [-0.3, -0.25) is 0 Å². The van der Waals surface area contributed by atoms with Crippen LogP contribution in [0.25, 0.3) is 0 Å². The highest BCUT2D eigenvalue weighted by atomic mass is 79.9. The van der Waals surface area contributed by atoms with Gasteiger partial charge in [0.05, 0.1) is 0 Å². The fourth-order valence-corrected chi connectivity index (χ4v) is 1.71. The molecule has 1 aromatic carbocycles. The van der Waals surface area contributed by atoms with Gasteiger partial charge in [0.25, 0.3) is 0 Å². The van der Waals surface area contributed by atoms with E-state index in [2.05, 4.69) is 27.8 Å². The lowest BCUT2D eigenvalue weighted by atomic mass is 10.0. The number of aryl methyl sites for hydroxylation is 2. The Balaban J connectivity index is 3.19. The first-order valence-corrected chi connectivity index (χ1v) is 5.22. The van der Waals surface area contributed by atoms with Gasteiger partial charge in [0, 0.05) is 4.47 Å². The number of hydrogen-bond donors (Lipinski definition) is 1. The van der Waals surface area contributed by atoms with E-state index >= 15 is 0 Å². The van der Waals surface area contributed by atoms with Crippen molar-refractivity contribution in [2.24, 2.45) is 0 Å². The molecule has 14 heavy (non-hydrogen) atoms. The summed E-state index contributed by atoms with van der Waals surface area (Å²) in [4.78, 5) is 0. The van der Waals surface area contributed by atoms with E-state index in [1.165, 1.54) is 5.56 Å². The van der Waals surface area contributed by atoms with Crippen molar-refractivity contribution >= 4 is 15.9 Å². The van der Waals surface area contributed by atoms with Crippen molar-refractivity contribution in [2.45, 2.75) is 26.9 Å². The summed E-state index contributed by atoms with van der Waals surface area (Å²) in [6.45, 7) is 5.73. The third-order valence-electron chi connectivity index (χ3n) is 2.12. The number of halogens is 1. The van der Waals surface area contributed by atoms with Gasteiger partial charge in [-0.15, -0.1) is 5.92 Å². The molecule has 0 radical (unpaired) electrons. The quantitative estimate of drug-likeness (QED) is 0.762. The van der Waals surface area contributed by atoms with Gasteiger partial charge in [0.15, 0.2) is 0 Å². The molecule has 0 heterocycles. The first-order chi connectivity index (χ1) is 6.56. The molecule has 1 rings (SSSR count). The first-order valence-electron chi connectivity index (χ1n) is 4.43. The van der Waals surface area contributed by atoms with E-state index in [1.807, 2.05) is 26.0 Å². The molecule has 0 spiro atoms. The number of benzene rings is 1. The summed E-state index contributed by atoms with van der Waals surface area (Å²) in [5, 5.41) is 9.72. The van der Waals surface area contributed by atoms with Gasteiger partial charge in [-0.2, -0.15) is 0 Å². The molecule has 1 aromatic rings. The van der Waals surface area contributed by atoms with Crippen LogP contribution in [0.1, 0.15) is 29.7 Å². The SMILES string of the molecule is CC#CC(O)c1cc(Br)c(C)cc1C. The number of rotatable bonds is 1. The van der Waals surface area contributed by atoms with E-state index in [4.69, 9.17) is 0 Å². The Morgan fingerprint density at radius 3 is 2.50 bits per heavy atom. The van der Waals surface area contributed by atoms with Crippen LogP contribution >= 0.6 is 15.9 Å². The number of hydrogen-bond acceptors (Lipinski definition) is 1. The Morgan fingerprint density at radius 1 is 1.29 bits per heavy atom. The molecule has 0 amide bonds. The number of aliphatic hydroxyl groups is 1. The molecule has 1 unspecified atom stereocenters. The van der Waals surface area contributed by atoms with E-state index < -0.39 is 6.10 Å². The lowest BCUT2D eigenvalue weighted by Gasteiger charge is -2.10. The van der Waals surface area contributed by atoms with Crippen LogP contribution in [0.4, 0.5) is 0 Å². The molecule has 0 saturated carbocycles. The van der Waals surface area contributed by atoms with Crippen LogP contribution in [-0.4, -0.2) is 5.11 Å². The average Bonchev–Trinajstić information content (AvgIpc) is 2.11. The maximum Gasteiger partial charge on any atom is 0.140 e. The molecule has 0 saturated heterocycles. The van der Waals surface area contributed by atoms with Gasteiger partial charge in [0.2, 0.25) is 0 Å². The second kappa shape index (κ2) is 4.63. The van der Waals surface area contributed by atoms with Gasteiger partial charge in [-0.25, -0.2) is 0 Å². The molecule has 0 fully saturated rings. The molecular weight excluding hydrogens is 240 g/mol. The van der Waals surface area contributed by atoms with Crippen molar-refractivity contribution < 1.29 is 5.11 Å². The van der Waals surface area contributed by atoms with Crippen LogP contribution in [0.5, 0.6) is 0 Å². The molecule has 0 bridgehead atoms. The predicted octanol–water partition coefficient (Wildman–Crippen LogP) is 3.12. The van der Waals surface area contributed by atoms with Gasteiger partial charge >= 0.3 is 0 Å². The van der Waals surface area contributed by atoms with Gasteiger partial charge < -0.3 is 5.11 Å². The highest BCUT2D eigenvalue weighted by Crippen LogP contribution is 2.25. The van der Waals surface area contributed by atoms with Crippen molar-refractivity contribution in [1.82, 2.24) is 0 Å². The molecule has 1 nitrogen and oxygen atoms in total. The second-order valence-corrected chi connectivity index (χ2v) is 4.11. The molecule has 74 valence electrons. The Morgan fingerprint density at radius 2 is 1.93 bits per heavy atom. The van der Waals surface area contributed by atoms with E-state index in [0.717, 1.165) is 15.6 Å². The molecule has 1 N–H and O–H groups in total. The topological polar surface area (TPSA) is 20.2 Å². The smallest absolute Gasteiger partial charge is 0.140 e. The maximum absolute atomic E-state index is 9.72. The molecule has 2 heteroatoms. The highest BCUT2D eigenvalue weighted by molar-refractivity contribution is 9.10. The largest absolute Gasteiger partial charge is 0.376 e.